The molecule has 3 rings (SSSR count). The van der Waals surface area contributed by atoms with Gasteiger partial charge in [-0.2, -0.15) is 0 Å². The predicted molar refractivity (Wildman–Crippen MR) is 72.9 cm³/mol. The van der Waals surface area contributed by atoms with Crippen molar-refractivity contribution < 1.29 is 4.84 Å². The monoisotopic (exact) mass is 257 g/mol. The minimum Gasteiger partial charge on any atom is -0.387 e. The van der Waals surface area contributed by atoms with Crippen LogP contribution in [0.4, 0.5) is 0 Å². The Hall–Kier alpha value is -1.80. The van der Waals surface area contributed by atoms with Crippen molar-refractivity contribution in [3.8, 4) is 0 Å². The first kappa shape index (κ1) is 11.3. The van der Waals surface area contributed by atoms with E-state index >= 15 is 0 Å². The van der Waals surface area contributed by atoms with Crippen LogP contribution in [0.15, 0.2) is 59.8 Å². The van der Waals surface area contributed by atoms with E-state index in [-0.39, 0.29) is 6.10 Å². The lowest BCUT2D eigenvalue weighted by Crippen LogP contribution is -2.01. The topological polar surface area (TPSA) is 21.6 Å². The summed E-state index contributed by atoms with van der Waals surface area (Å²) in [4.78, 5) is 5.49. The Morgan fingerprint density at radius 3 is 2.44 bits per heavy atom. The molecule has 0 spiro atoms. The molecule has 1 unspecified atom stereocenters. The third kappa shape index (κ3) is 2.24. The molecule has 0 aliphatic carbocycles. The molecule has 1 aliphatic heterocycles. The van der Waals surface area contributed by atoms with Crippen LogP contribution in [0.1, 0.15) is 23.7 Å². The van der Waals surface area contributed by atoms with E-state index < -0.39 is 0 Å². The van der Waals surface area contributed by atoms with E-state index in [1.165, 1.54) is 0 Å². The second-order valence-corrected chi connectivity index (χ2v) is 4.69. The summed E-state index contributed by atoms with van der Waals surface area (Å²) in [5.41, 5.74) is 3.20. The fourth-order valence-corrected chi connectivity index (χ4v) is 2.16. The molecule has 0 saturated heterocycles. The maximum Gasteiger partial charge on any atom is 0.158 e. The van der Waals surface area contributed by atoms with Crippen molar-refractivity contribution in [2.24, 2.45) is 5.16 Å². The lowest BCUT2D eigenvalue weighted by Gasteiger charge is -2.07. The van der Waals surface area contributed by atoms with Crippen LogP contribution in [0.25, 0.3) is 0 Å². The van der Waals surface area contributed by atoms with E-state index in [9.17, 15) is 0 Å². The Morgan fingerprint density at radius 2 is 1.72 bits per heavy atom. The average Bonchev–Trinajstić information content (AvgIpc) is 2.90. The zero-order chi connectivity index (χ0) is 12.4. The van der Waals surface area contributed by atoms with Crippen molar-refractivity contribution >= 4 is 17.3 Å². The molecule has 0 bridgehead atoms. The Balaban J connectivity index is 1.77. The molecule has 90 valence electrons. The van der Waals surface area contributed by atoms with Crippen LogP contribution in [0, 0.1) is 0 Å². The fraction of sp³-hybridized carbons (Fsp3) is 0.133. The molecule has 0 saturated carbocycles. The van der Waals surface area contributed by atoms with Gasteiger partial charge in [0.15, 0.2) is 6.10 Å². The number of oxime groups is 1. The molecule has 0 fully saturated rings. The number of halogens is 1. The summed E-state index contributed by atoms with van der Waals surface area (Å²) >= 11 is 5.87. The molecule has 0 N–H and O–H groups in total. The van der Waals surface area contributed by atoms with Gasteiger partial charge in [0.05, 0.1) is 5.71 Å². The first-order chi connectivity index (χ1) is 8.83. The number of hydrogen-bond acceptors (Lipinski definition) is 2. The van der Waals surface area contributed by atoms with Gasteiger partial charge in [0.25, 0.3) is 0 Å². The van der Waals surface area contributed by atoms with E-state index in [2.05, 4.69) is 17.3 Å². The lowest BCUT2D eigenvalue weighted by molar-refractivity contribution is 0.0857. The molecule has 0 amide bonds. The third-order valence-corrected chi connectivity index (χ3v) is 3.27. The second kappa shape index (κ2) is 4.83. The van der Waals surface area contributed by atoms with Crippen LogP contribution in [-0.2, 0) is 4.84 Å². The molecule has 0 radical (unpaired) electrons. The van der Waals surface area contributed by atoms with Gasteiger partial charge in [0.2, 0.25) is 0 Å². The number of rotatable bonds is 2. The van der Waals surface area contributed by atoms with Gasteiger partial charge in [0, 0.05) is 11.4 Å². The summed E-state index contributed by atoms with van der Waals surface area (Å²) in [5.74, 6) is 0. The van der Waals surface area contributed by atoms with Gasteiger partial charge < -0.3 is 4.84 Å². The first-order valence-electron chi connectivity index (χ1n) is 5.86. The highest BCUT2D eigenvalue weighted by Crippen LogP contribution is 2.29. The van der Waals surface area contributed by atoms with Crippen LogP contribution in [0.5, 0.6) is 0 Å². The van der Waals surface area contributed by atoms with Gasteiger partial charge in [0.1, 0.15) is 0 Å². The number of nitrogens with zero attached hydrogens (tertiary/aromatic N) is 1. The molecule has 3 heteroatoms. The van der Waals surface area contributed by atoms with Crippen LogP contribution >= 0.6 is 11.6 Å². The molecular formula is C15H12ClNO. The van der Waals surface area contributed by atoms with E-state index in [4.69, 9.17) is 16.4 Å². The summed E-state index contributed by atoms with van der Waals surface area (Å²) in [6, 6.07) is 17.8. The Labute approximate surface area is 111 Å². The Kier molecular flexibility index (Phi) is 3.03. The van der Waals surface area contributed by atoms with Gasteiger partial charge in [-0.05, 0) is 23.3 Å². The van der Waals surface area contributed by atoms with Gasteiger partial charge in [-0.15, -0.1) is 0 Å². The third-order valence-electron chi connectivity index (χ3n) is 3.02. The lowest BCUT2D eigenvalue weighted by atomic mass is 10.0. The van der Waals surface area contributed by atoms with Crippen molar-refractivity contribution in [3.63, 3.8) is 0 Å². The molecule has 1 aliphatic rings. The molecule has 18 heavy (non-hydrogen) atoms. The normalized spacial score (nSPS) is 18.3. The van der Waals surface area contributed by atoms with Crippen molar-refractivity contribution in [1.29, 1.82) is 0 Å². The fourth-order valence-electron chi connectivity index (χ4n) is 2.04. The molecule has 2 nitrogen and oxygen atoms in total. The first-order valence-corrected chi connectivity index (χ1v) is 6.24. The number of hydrogen-bond donors (Lipinski definition) is 0. The predicted octanol–water partition coefficient (Wildman–Crippen LogP) is 4.21. The summed E-state index contributed by atoms with van der Waals surface area (Å²) in [6.07, 6.45) is 0.822. The smallest absolute Gasteiger partial charge is 0.158 e. The maximum absolute atomic E-state index is 5.87. The molecule has 2 aromatic rings. The SMILES string of the molecule is Clc1ccc(C2=NOC(c3ccccc3)C2)cc1. The van der Waals surface area contributed by atoms with Crippen LogP contribution in [0.2, 0.25) is 5.02 Å². The Bertz CT molecular complexity index is 563. The summed E-state index contributed by atoms with van der Waals surface area (Å²) in [6.45, 7) is 0. The summed E-state index contributed by atoms with van der Waals surface area (Å²) in [5, 5.41) is 4.90. The quantitative estimate of drug-likeness (QED) is 0.790. The highest BCUT2D eigenvalue weighted by atomic mass is 35.5. The Morgan fingerprint density at radius 1 is 1.00 bits per heavy atom. The summed E-state index contributed by atoms with van der Waals surface area (Å²) in [7, 11) is 0. The van der Waals surface area contributed by atoms with Crippen LogP contribution < -0.4 is 0 Å². The maximum atomic E-state index is 5.87. The van der Waals surface area contributed by atoms with Crippen LogP contribution in [0.3, 0.4) is 0 Å². The molecular weight excluding hydrogens is 246 g/mol. The highest BCUT2D eigenvalue weighted by Gasteiger charge is 2.23. The van der Waals surface area contributed by atoms with Crippen molar-refractivity contribution in [1.82, 2.24) is 0 Å². The average molecular weight is 258 g/mol. The van der Waals surface area contributed by atoms with E-state index in [0.717, 1.165) is 28.3 Å². The molecule has 1 heterocycles. The minimum absolute atomic E-state index is 0.0249. The van der Waals surface area contributed by atoms with Crippen LogP contribution in [-0.4, -0.2) is 5.71 Å². The zero-order valence-electron chi connectivity index (χ0n) is 9.71. The summed E-state index contributed by atoms with van der Waals surface area (Å²) < 4.78 is 0. The van der Waals surface area contributed by atoms with E-state index in [1.807, 2.05) is 42.5 Å². The van der Waals surface area contributed by atoms with Gasteiger partial charge in [-0.3, -0.25) is 0 Å². The van der Waals surface area contributed by atoms with E-state index in [0.29, 0.717) is 0 Å². The van der Waals surface area contributed by atoms with Gasteiger partial charge in [-0.1, -0.05) is 59.2 Å². The highest BCUT2D eigenvalue weighted by molar-refractivity contribution is 6.30. The van der Waals surface area contributed by atoms with Crippen molar-refractivity contribution in [2.45, 2.75) is 12.5 Å². The van der Waals surface area contributed by atoms with E-state index in [1.54, 1.807) is 0 Å². The standard InChI is InChI=1S/C15H12ClNO/c16-13-8-6-11(7-9-13)14-10-15(18-17-14)12-4-2-1-3-5-12/h1-9,15H,10H2. The largest absolute Gasteiger partial charge is 0.387 e. The molecule has 0 aromatic heterocycles. The van der Waals surface area contributed by atoms with Crippen molar-refractivity contribution in [2.75, 3.05) is 0 Å². The second-order valence-electron chi connectivity index (χ2n) is 4.25. The van der Waals surface area contributed by atoms with Crippen molar-refractivity contribution in [3.05, 3.63) is 70.7 Å². The minimum atomic E-state index is 0.0249. The molecule has 1 atom stereocenters. The number of benzene rings is 2. The zero-order valence-corrected chi connectivity index (χ0v) is 10.5. The van der Waals surface area contributed by atoms with Gasteiger partial charge >= 0.3 is 0 Å². The molecule has 2 aromatic carbocycles. The van der Waals surface area contributed by atoms with Gasteiger partial charge in [-0.25, -0.2) is 0 Å².